The molecule has 0 N–H and O–H groups in total. The summed E-state index contributed by atoms with van der Waals surface area (Å²) >= 11 is 0. The lowest BCUT2D eigenvalue weighted by atomic mass is 9.92. The van der Waals surface area contributed by atoms with Crippen molar-refractivity contribution in [3.8, 4) is 12.1 Å². The van der Waals surface area contributed by atoms with E-state index in [0.29, 0.717) is 11.1 Å². The van der Waals surface area contributed by atoms with Crippen molar-refractivity contribution in [1.82, 2.24) is 0 Å². The number of nitrogens with zero attached hydrogens (tertiary/aromatic N) is 2. The Morgan fingerprint density at radius 1 is 0.421 bits per heavy atom. The molecule has 6 rings (SSSR count). The summed E-state index contributed by atoms with van der Waals surface area (Å²) in [6.07, 6.45) is 3.93. The minimum absolute atomic E-state index is 0.615. The highest BCUT2D eigenvalue weighted by molar-refractivity contribution is 6.08. The lowest BCUT2D eigenvalue weighted by Gasteiger charge is -2.10. The predicted molar refractivity (Wildman–Crippen MR) is 159 cm³/mol. The van der Waals surface area contributed by atoms with E-state index >= 15 is 0 Å². The van der Waals surface area contributed by atoms with Crippen LogP contribution in [0, 0.1) is 22.7 Å². The Morgan fingerprint density at radius 3 is 1.21 bits per heavy atom. The van der Waals surface area contributed by atoms with Crippen LogP contribution >= 0.6 is 0 Å². The number of hydrogen-bond acceptors (Lipinski definition) is 2. The Hall–Kier alpha value is -5.44. The van der Waals surface area contributed by atoms with E-state index in [2.05, 4.69) is 60.7 Å². The summed E-state index contributed by atoms with van der Waals surface area (Å²) in [4.78, 5) is 0. The van der Waals surface area contributed by atoms with Crippen molar-refractivity contribution in [3.63, 3.8) is 0 Å². The Kier molecular flexibility index (Phi) is 5.99. The number of hydrogen-bond donors (Lipinski definition) is 0. The number of rotatable bonds is 4. The smallest absolute Gasteiger partial charge is 0.0998 e. The first-order valence-electron chi connectivity index (χ1n) is 12.5. The van der Waals surface area contributed by atoms with Crippen LogP contribution in [0.5, 0.6) is 0 Å². The molecule has 0 aliphatic rings. The summed E-state index contributed by atoms with van der Waals surface area (Å²) in [6, 6.07) is 45.4. The average Bonchev–Trinajstić information content (AvgIpc) is 2.99. The summed E-state index contributed by atoms with van der Waals surface area (Å²) < 4.78 is 0. The Labute approximate surface area is 221 Å². The molecule has 0 bridgehead atoms. The van der Waals surface area contributed by atoms with E-state index in [1.54, 1.807) is 0 Å². The van der Waals surface area contributed by atoms with Crippen LogP contribution in [0.15, 0.2) is 121 Å². The van der Waals surface area contributed by atoms with Gasteiger partial charge in [0.1, 0.15) is 0 Å². The highest BCUT2D eigenvalue weighted by Gasteiger charge is 2.11. The molecular weight excluding hydrogens is 460 g/mol. The second kappa shape index (κ2) is 9.90. The third-order valence-corrected chi connectivity index (χ3v) is 6.99. The van der Waals surface area contributed by atoms with Gasteiger partial charge in [-0.1, -0.05) is 121 Å². The topological polar surface area (TPSA) is 47.6 Å². The van der Waals surface area contributed by atoms with Crippen LogP contribution < -0.4 is 0 Å². The zero-order valence-electron chi connectivity index (χ0n) is 20.6. The Bertz CT molecular complexity index is 1840. The third-order valence-electron chi connectivity index (χ3n) is 6.99. The second-order valence-corrected chi connectivity index (χ2v) is 9.18. The zero-order valence-corrected chi connectivity index (χ0v) is 20.6. The third kappa shape index (κ3) is 4.11. The first-order chi connectivity index (χ1) is 18.8. The van der Waals surface area contributed by atoms with Gasteiger partial charge in [-0.05, 0) is 55.6 Å². The molecule has 2 heteroatoms. The van der Waals surface area contributed by atoms with Gasteiger partial charge in [-0.2, -0.15) is 10.5 Å². The molecule has 0 spiro atoms. The van der Waals surface area contributed by atoms with Gasteiger partial charge in [-0.3, -0.25) is 0 Å². The molecular formula is C36H22N2. The molecule has 0 atom stereocenters. The molecule has 2 nitrogen and oxygen atoms in total. The van der Waals surface area contributed by atoms with Crippen LogP contribution in [0.1, 0.15) is 22.3 Å². The number of allylic oxidation sites excluding steroid dienone is 2. The standard InChI is InChI=1S/C36H22N2/c37-23-29(35-17-7-11-25-9-1-3-13-31(25)35)21-27-19-20-28(34-16-6-5-15-33(27)34)22-30(24-38)36-18-8-12-26-10-2-4-14-32(26)36/h1-22H/b29-21+,30-22+. The van der Waals surface area contributed by atoms with Gasteiger partial charge in [0.25, 0.3) is 0 Å². The van der Waals surface area contributed by atoms with Gasteiger partial charge in [-0.25, -0.2) is 0 Å². The molecule has 0 saturated carbocycles. The van der Waals surface area contributed by atoms with Crippen LogP contribution in [0.3, 0.4) is 0 Å². The first-order valence-corrected chi connectivity index (χ1v) is 12.5. The molecule has 0 aromatic heterocycles. The van der Waals surface area contributed by atoms with Crippen molar-refractivity contribution in [2.24, 2.45) is 0 Å². The van der Waals surface area contributed by atoms with Crippen molar-refractivity contribution < 1.29 is 0 Å². The molecule has 6 aromatic carbocycles. The molecule has 38 heavy (non-hydrogen) atoms. The van der Waals surface area contributed by atoms with Crippen molar-refractivity contribution in [2.45, 2.75) is 0 Å². The van der Waals surface area contributed by atoms with Crippen LogP contribution in [-0.2, 0) is 0 Å². The van der Waals surface area contributed by atoms with Gasteiger partial charge < -0.3 is 0 Å². The SMILES string of the molecule is N#C/C(=C\c1ccc(/C=C(\C#N)c2cccc3ccccc23)c2ccccc12)c1cccc2ccccc12. The lowest BCUT2D eigenvalue weighted by molar-refractivity contribution is 1.53. The van der Waals surface area contributed by atoms with E-state index in [4.69, 9.17) is 0 Å². The van der Waals surface area contributed by atoms with Crippen molar-refractivity contribution >= 4 is 55.6 Å². The Balaban J connectivity index is 1.51. The van der Waals surface area contributed by atoms with Gasteiger partial charge >= 0.3 is 0 Å². The normalized spacial score (nSPS) is 11.9. The molecule has 0 amide bonds. The molecule has 0 aliphatic carbocycles. The number of nitriles is 2. The van der Waals surface area contributed by atoms with E-state index in [0.717, 1.165) is 54.6 Å². The van der Waals surface area contributed by atoms with Crippen LogP contribution in [0.4, 0.5) is 0 Å². The fourth-order valence-electron chi connectivity index (χ4n) is 5.17. The van der Waals surface area contributed by atoms with Crippen molar-refractivity contribution in [3.05, 3.63) is 144 Å². The van der Waals surface area contributed by atoms with E-state index in [9.17, 15) is 10.5 Å². The second-order valence-electron chi connectivity index (χ2n) is 9.18. The zero-order chi connectivity index (χ0) is 25.9. The van der Waals surface area contributed by atoms with Crippen molar-refractivity contribution in [2.75, 3.05) is 0 Å². The summed E-state index contributed by atoms with van der Waals surface area (Å²) in [5, 5.41) is 26.6. The summed E-state index contributed by atoms with van der Waals surface area (Å²) in [6.45, 7) is 0. The maximum atomic E-state index is 10.1. The predicted octanol–water partition coefficient (Wildman–Crippen LogP) is 9.27. The summed E-state index contributed by atoms with van der Waals surface area (Å²) in [5.41, 5.74) is 4.99. The van der Waals surface area contributed by atoms with Crippen LogP contribution in [0.2, 0.25) is 0 Å². The first kappa shape index (κ1) is 23.0. The fourth-order valence-corrected chi connectivity index (χ4v) is 5.17. The van der Waals surface area contributed by atoms with Crippen LogP contribution in [-0.4, -0.2) is 0 Å². The maximum Gasteiger partial charge on any atom is 0.0998 e. The monoisotopic (exact) mass is 482 g/mol. The van der Waals surface area contributed by atoms with Gasteiger partial charge in [0, 0.05) is 11.1 Å². The molecule has 6 aromatic rings. The lowest BCUT2D eigenvalue weighted by Crippen LogP contribution is -1.89. The summed E-state index contributed by atoms with van der Waals surface area (Å²) in [7, 11) is 0. The van der Waals surface area contributed by atoms with Crippen LogP contribution in [0.25, 0.3) is 55.6 Å². The highest BCUT2D eigenvalue weighted by atomic mass is 14.3. The molecule has 0 unspecified atom stereocenters. The molecule has 0 heterocycles. The van der Waals surface area contributed by atoms with Gasteiger partial charge in [0.2, 0.25) is 0 Å². The molecule has 0 saturated heterocycles. The van der Waals surface area contributed by atoms with Crippen molar-refractivity contribution in [1.29, 1.82) is 10.5 Å². The quantitative estimate of drug-likeness (QED) is 0.186. The van der Waals surface area contributed by atoms with E-state index in [1.807, 2.05) is 84.9 Å². The number of benzene rings is 6. The van der Waals surface area contributed by atoms with Gasteiger partial charge in [-0.15, -0.1) is 0 Å². The fraction of sp³-hybridized carbons (Fsp3) is 0. The minimum atomic E-state index is 0.615. The van der Waals surface area contributed by atoms with Gasteiger partial charge in [0.15, 0.2) is 0 Å². The minimum Gasteiger partial charge on any atom is -0.192 e. The molecule has 176 valence electrons. The highest BCUT2D eigenvalue weighted by Crippen LogP contribution is 2.32. The summed E-state index contributed by atoms with van der Waals surface area (Å²) in [5.74, 6) is 0. The van der Waals surface area contributed by atoms with E-state index < -0.39 is 0 Å². The molecule has 0 fully saturated rings. The van der Waals surface area contributed by atoms with E-state index in [1.165, 1.54) is 0 Å². The van der Waals surface area contributed by atoms with E-state index in [-0.39, 0.29) is 0 Å². The average molecular weight is 483 g/mol. The molecule has 0 aliphatic heterocycles. The molecule has 0 radical (unpaired) electrons. The maximum absolute atomic E-state index is 10.1. The largest absolute Gasteiger partial charge is 0.192 e. The number of fused-ring (bicyclic) bond motifs is 3. The Morgan fingerprint density at radius 2 is 0.789 bits per heavy atom. The van der Waals surface area contributed by atoms with Gasteiger partial charge in [0.05, 0.1) is 23.3 Å².